The summed E-state index contributed by atoms with van der Waals surface area (Å²) in [5, 5.41) is 9.76. The Labute approximate surface area is 138 Å². The molecule has 1 saturated heterocycles. The summed E-state index contributed by atoms with van der Waals surface area (Å²) in [6, 6.07) is 10.6. The van der Waals surface area contributed by atoms with E-state index in [4.69, 9.17) is 18.9 Å². The van der Waals surface area contributed by atoms with Gasteiger partial charge in [-0.15, -0.1) is 0 Å². The molecule has 2 aliphatic rings. The fraction of sp³-hybridized carbons (Fsp3) is 0.278. The summed E-state index contributed by atoms with van der Waals surface area (Å²) in [6.45, 7) is 0.504. The van der Waals surface area contributed by atoms with Gasteiger partial charge in [0.05, 0.1) is 19.6 Å². The lowest BCUT2D eigenvalue weighted by atomic mass is 9.83. The number of benzene rings is 2. The van der Waals surface area contributed by atoms with Crippen LogP contribution in [0.5, 0.6) is 23.0 Å². The van der Waals surface area contributed by atoms with Crippen LogP contribution in [-0.4, -0.2) is 31.6 Å². The Morgan fingerprint density at radius 2 is 1.83 bits per heavy atom. The number of methoxy groups -OCH3 is 1. The fourth-order valence-electron chi connectivity index (χ4n) is 3.21. The Morgan fingerprint density at radius 3 is 2.67 bits per heavy atom. The van der Waals surface area contributed by atoms with Crippen molar-refractivity contribution in [1.29, 1.82) is 0 Å². The lowest BCUT2D eigenvalue weighted by Gasteiger charge is -2.17. The molecule has 0 aliphatic carbocycles. The van der Waals surface area contributed by atoms with Crippen LogP contribution in [0.4, 0.5) is 0 Å². The number of carbonyl (C=O) groups excluding carboxylic acids is 1. The van der Waals surface area contributed by atoms with Crippen molar-refractivity contribution in [2.24, 2.45) is 0 Å². The third-order valence-corrected chi connectivity index (χ3v) is 4.45. The second-order valence-electron chi connectivity index (χ2n) is 5.76. The number of ether oxygens (including phenoxy) is 4. The van der Waals surface area contributed by atoms with Crippen LogP contribution in [0, 0.1) is 0 Å². The van der Waals surface area contributed by atoms with Gasteiger partial charge in [-0.3, -0.25) is 4.79 Å². The van der Waals surface area contributed by atoms with E-state index in [1.807, 2.05) is 18.2 Å². The van der Waals surface area contributed by atoms with E-state index in [-0.39, 0.29) is 24.4 Å². The van der Waals surface area contributed by atoms with Crippen molar-refractivity contribution in [3.05, 3.63) is 47.5 Å². The van der Waals surface area contributed by atoms with Gasteiger partial charge in [0.25, 0.3) is 0 Å². The molecule has 0 aromatic heterocycles. The molecule has 0 saturated carbocycles. The van der Waals surface area contributed by atoms with Crippen LogP contribution in [0.25, 0.3) is 0 Å². The standard InChI is InChI=1S/C18H16O6/c1-21-15-7-11(2-4-13(15)19)17-12(8-22-18(17)20)10-3-5-14-16(6-10)24-9-23-14/h2-7,12,17,19H,8-9H2,1H3/t12-,17-/m1/s1. The van der Waals surface area contributed by atoms with Crippen LogP contribution in [-0.2, 0) is 9.53 Å². The first kappa shape index (κ1) is 14.7. The summed E-state index contributed by atoms with van der Waals surface area (Å²) >= 11 is 0. The zero-order valence-corrected chi connectivity index (χ0v) is 13.0. The molecule has 24 heavy (non-hydrogen) atoms. The highest BCUT2D eigenvalue weighted by molar-refractivity contribution is 5.82. The summed E-state index contributed by atoms with van der Waals surface area (Å²) in [6.07, 6.45) is 0. The monoisotopic (exact) mass is 328 g/mol. The minimum absolute atomic E-state index is 0.0345. The van der Waals surface area contributed by atoms with Crippen molar-refractivity contribution in [2.45, 2.75) is 11.8 Å². The zero-order valence-electron chi connectivity index (χ0n) is 13.0. The normalized spacial score (nSPS) is 21.6. The van der Waals surface area contributed by atoms with Gasteiger partial charge in [0.2, 0.25) is 6.79 Å². The van der Waals surface area contributed by atoms with Gasteiger partial charge < -0.3 is 24.1 Å². The average Bonchev–Trinajstić information content (AvgIpc) is 3.21. The Bertz CT molecular complexity index is 800. The molecule has 2 aliphatic heterocycles. The molecule has 6 nitrogen and oxygen atoms in total. The summed E-state index contributed by atoms with van der Waals surface area (Å²) in [4.78, 5) is 12.3. The van der Waals surface area contributed by atoms with Gasteiger partial charge >= 0.3 is 5.97 Å². The van der Waals surface area contributed by atoms with Crippen molar-refractivity contribution in [1.82, 2.24) is 0 Å². The number of aromatic hydroxyl groups is 1. The van der Waals surface area contributed by atoms with Crippen molar-refractivity contribution >= 4 is 5.97 Å². The van der Waals surface area contributed by atoms with E-state index in [1.165, 1.54) is 13.2 Å². The summed E-state index contributed by atoms with van der Waals surface area (Å²) in [5.41, 5.74) is 1.69. The number of phenolic OH excluding ortho intramolecular Hbond substituents is 1. The smallest absolute Gasteiger partial charge is 0.314 e. The maximum absolute atomic E-state index is 12.3. The molecule has 0 bridgehead atoms. The first-order chi connectivity index (χ1) is 11.7. The molecule has 0 spiro atoms. The second-order valence-corrected chi connectivity index (χ2v) is 5.76. The number of fused-ring (bicyclic) bond motifs is 1. The third kappa shape index (κ3) is 2.31. The van der Waals surface area contributed by atoms with Crippen molar-refractivity contribution in [3.63, 3.8) is 0 Å². The van der Waals surface area contributed by atoms with Crippen LogP contribution in [0.1, 0.15) is 23.0 Å². The molecule has 1 N–H and O–H groups in total. The highest BCUT2D eigenvalue weighted by Crippen LogP contribution is 2.44. The van der Waals surface area contributed by atoms with Crippen LogP contribution in [0.3, 0.4) is 0 Å². The van der Waals surface area contributed by atoms with Crippen molar-refractivity contribution < 1.29 is 28.8 Å². The van der Waals surface area contributed by atoms with Gasteiger partial charge in [-0.1, -0.05) is 12.1 Å². The molecular weight excluding hydrogens is 312 g/mol. The van der Waals surface area contributed by atoms with Gasteiger partial charge in [0, 0.05) is 5.92 Å². The molecule has 2 atom stereocenters. The molecule has 0 unspecified atom stereocenters. The minimum Gasteiger partial charge on any atom is -0.504 e. The molecule has 124 valence electrons. The van der Waals surface area contributed by atoms with E-state index in [2.05, 4.69) is 0 Å². The van der Waals surface area contributed by atoms with E-state index in [1.54, 1.807) is 12.1 Å². The molecule has 2 aromatic carbocycles. The molecule has 2 aromatic rings. The summed E-state index contributed by atoms with van der Waals surface area (Å²) < 4.78 is 21.2. The molecule has 0 amide bonds. The van der Waals surface area contributed by atoms with Gasteiger partial charge in [-0.25, -0.2) is 0 Å². The number of cyclic esters (lactones) is 1. The number of carbonyl (C=O) groups is 1. The molecule has 2 heterocycles. The number of phenols is 1. The predicted molar refractivity (Wildman–Crippen MR) is 83.7 cm³/mol. The second kappa shape index (κ2) is 5.63. The van der Waals surface area contributed by atoms with E-state index in [0.717, 1.165) is 11.1 Å². The van der Waals surface area contributed by atoms with E-state index >= 15 is 0 Å². The molecular formula is C18H16O6. The van der Waals surface area contributed by atoms with Gasteiger partial charge in [0.1, 0.15) is 0 Å². The van der Waals surface area contributed by atoms with Crippen LogP contribution < -0.4 is 14.2 Å². The van der Waals surface area contributed by atoms with Gasteiger partial charge in [0.15, 0.2) is 23.0 Å². The molecule has 6 heteroatoms. The van der Waals surface area contributed by atoms with E-state index in [9.17, 15) is 9.90 Å². The maximum atomic E-state index is 12.3. The maximum Gasteiger partial charge on any atom is 0.314 e. The highest BCUT2D eigenvalue weighted by Gasteiger charge is 2.40. The first-order valence-electron chi connectivity index (χ1n) is 7.60. The zero-order chi connectivity index (χ0) is 16.7. The van der Waals surface area contributed by atoms with Crippen LogP contribution >= 0.6 is 0 Å². The molecule has 0 radical (unpaired) electrons. The molecule has 1 fully saturated rings. The first-order valence-corrected chi connectivity index (χ1v) is 7.60. The van der Waals surface area contributed by atoms with E-state index in [0.29, 0.717) is 23.9 Å². The topological polar surface area (TPSA) is 74.2 Å². The fourth-order valence-corrected chi connectivity index (χ4v) is 3.21. The number of esters is 1. The Hall–Kier alpha value is -2.89. The third-order valence-electron chi connectivity index (χ3n) is 4.45. The lowest BCUT2D eigenvalue weighted by molar-refractivity contribution is -0.139. The van der Waals surface area contributed by atoms with Gasteiger partial charge in [-0.2, -0.15) is 0 Å². The van der Waals surface area contributed by atoms with Crippen molar-refractivity contribution in [3.8, 4) is 23.0 Å². The number of rotatable bonds is 3. The predicted octanol–water partition coefficient (Wildman–Crippen LogP) is 2.55. The quantitative estimate of drug-likeness (QED) is 0.873. The van der Waals surface area contributed by atoms with Crippen molar-refractivity contribution in [2.75, 3.05) is 20.5 Å². The number of hydrogen-bond donors (Lipinski definition) is 1. The minimum atomic E-state index is -0.458. The van der Waals surface area contributed by atoms with Gasteiger partial charge in [-0.05, 0) is 35.4 Å². The van der Waals surface area contributed by atoms with E-state index < -0.39 is 5.92 Å². The van der Waals surface area contributed by atoms with Crippen LogP contribution in [0.15, 0.2) is 36.4 Å². The highest BCUT2D eigenvalue weighted by atomic mass is 16.7. The lowest BCUT2D eigenvalue weighted by Crippen LogP contribution is -2.12. The SMILES string of the molecule is COc1cc([C@H]2C(=O)OC[C@@H]2c2ccc3c(c2)OCO3)ccc1O. The average molecular weight is 328 g/mol. The summed E-state index contributed by atoms with van der Waals surface area (Å²) in [5.74, 6) is 0.858. The number of hydrogen-bond acceptors (Lipinski definition) is 6. The Kier molecular flexibility index (Phi) is 3.45. The Balaban J connectivity index is 1.72. The Morgan fingerprint density at radius 1 is 1.04 bits per heavy atom. The van der Waals surface area contributed by atoms with Crippen LogP contribution in [0.2, 0.25) is 0 Å². The largest absolute Gasteiger partial charge is 0.504 e. The summed E-state index contributed by atoms with van der Waals surface area (Å²) in [7, 11) is 1.47. The molecule has 4 rings (SSSR count).